The third-order valence-electron chi connectivity index (χ3n) is 3.67. The van der Waals surface area contributed by atoms with Gasteiger partial charge in [-0.15, -0.1) is 0 Å². The number of amidine groups is 1. The molecule has 1 fully saturated rings. The number of rotatable bonds is 3. The SMILES string of the molecule is Cc1nn(C)c(CN2CCCC(C(N)=NO)C2)c1Cl. The molecule has 0 bridgehead atoms. The molecule has 7 heteroatoms. The number of hydrogen-bond donors (Lipinski definition) is 2. The molecule has 3 N–H and O–H groups in total. The van der Waals surface area contributed by atoms with E-state index in [1.54, 1.807) is 0 Å². The van der Waals surface area contributed by atoms with E-state index < -0.39 is 0 Å². The molecule has 0 saturated carbocycles. The molecule has 1 atom stereocenters. The van der Waals surface area contributed by atoms with Gasteiger partial charge in [0.25, 0.3) is 0 Å². The van der Waals surface area contributed by atoms with Crippen LogP contribution in [0, 0.1) is 12.8 Å². The number of piperidine rings is 1. The Hall–Kier alpha value is -1.27. The predicted molar refractivity (Wildman–Crippen MR) is 74.4 cm³/mol. The van der Waals surface area contributed by atoms with Gasteiger partial charge in [0.1, 0.15) is 5.84 Å². The maximum absolute atomic E-state index is 8.76. The van der Waals surface area contributed by atoms with E-state index in [9.17, 15) is 0 Å². The first-order chi connectivity index (χ1) is 9.02. The van der Waals surface area contributed by atoms with Crippen LogP contribution in [-0.2, 0) is 13.6 Å². The highest BCUT2D eigenvalue weighted by molar-refractivity contribution is 6.31. The molecule has 2 heterocycles. The summed E-state index contributed by atoms with van der Waals surface area (Å²) in [4.78, 5) is 2.27. The van der Waals surface area contributed by atoms with E-state index in [4.69, 9.17) is 22.5 Å². The third-order valence-corrected chi connectivity index (χ3v) is 4.17. The number of nitrogens with zero attached hydrogens (tertiary/aromatic N) is 4. The molecular formula is C12H20ClN5O. The maximum atomic E-state index is 8.76. The van der Waals surface area contributed by atoms with E-state index in [2.05, 4.69) is 15.2 Å². The van der Waals surface area contributed by atoms with E-state index in [1.807, 2.05) is 18.7 Å². The summed E-state index contributed by atoms with van der Waals surface area (Å²) in [6.07, 6.45) is 2.00. The van der Waals surface area contributed by atoms with E-state index in [0.29, 0.717) is 5.84 Å². The smallest absolute Gasteiger partial charge is 0.143 e. The van der Waals surface area contributed by atoms with Gasteiger partial charge in [-0.25, -0.2) is 0 Å². The molecule has 0 spiro atoms. The standard InChI is InChI=1S/C12H20ClN5O/c1-8-11(13)10(17(2)15-8)7-18-5-3-4-9(6-18)12(14)16-19/h9,19H,3-7H2,1-2H3,(H2,14,16). The molecule has 1 saturated heterocycles. The summed E-state index contributed by atoms with van der Waals surface area (Å²) in [5.74, 6) is 0.434. The number of halogens is 1. The van der Waals surface area contributed by atoms with Crippen LogP contribution < -0.4 is 5.73 Å². The predicted octanol–water partition coefficient (Wildman–Crippen LogP) is 1.34. The first-order valence-corrected chi connectivity index (χ1v) is 6.78. The zero-order chi connectivity index (χ0) is 14.0. The van der Waals surface area contributed by atoms with Crippen LogP contribution in [-0.4, -0.2) is 38.8 Å². The summed E-state index contributed by atoms with van der Waals surface area (Å²) >= 11 is 6.26. The monoisotopic (exact) mass is 285 g/mol. The second-order valence-electron chi connectivity index (χ2n) is 5.07. The van der Waals surface area contributed by atoms with Gasteiger partial charge >= 0.3 is 0 Å². The first-order valence-electron chi connectivity index (χ1n) is 6.40. The molecule has 1 aliphatic rings. The van der Waals surface area contributed by atoms with Crippen LogP contribution in [0.1, 0.15) is 24.2 Å². The van der Waals surface area contributed by atoms with Gasteiger partial charge in [0.2, 0.25) is 0 Å². The summed E-state index contributed by atoms with van der Waals surface area (Å²) in [5, 5.41) is 16.9. The van der Waals surface area contributed by atoms with Crippen molar-refractivity contribution in [3.05, 3.63) is 16.4 Å². The van der Waals surface area contributed by atoms with Crippen molar-refractivity contribution in [1.82, 2.24) is 14.7 Å². The number of aromatic nitrogens is 2. The minimum atomic E-state index is 0.117. The average Bonchev–Trinajstić information content (AvgIpc) is 2.65. The number of nitrogens with two attached hydrogens (primary N) is 1. The van der Waals surface area contributed by atoms with Crippen molar-refractivity contribution in [2.75, 3.05) is 13.1 Å². The minimum Gasteiger partial charge on any atom is -0.409 e. The molecule has 1 aromatic heterocycles. The Balaban J connectivity index is 2.07. The highest BCUT2D eigenvalue weighted by Crippen LogP contribution is 2.24. The summed E-state index contributed by atoms with van der Waals surface area (Å²) in [5.41, 5.74) is 7.56. The summed E-state index contributed by atoms with van der Waals surface area (Å²) in [7, 11) is 1.90. The van der Waals surface area contributed by atoms with Crippen molar-refractivity contribution in [2.45, 2.75) is 26.3 Å². The molecule has 1 unspecified atom stereocenters. The summed E-state index contributed by atoms with van der Waals surface area (Å²) in [6.45, 7) is 4.43. The fraction of sp³-hybridized carbons (Fsp3) is 0.667. The van der Waals surface area contributed by atoms with Gasteiger partial charge in [0.05, 0.1) is 16.4 Å². The zero-order valence-electron chi connectivity index (χ0n) is 11.3. The Morgan fingerprint density at radius 3 is 2.95 bits per heavy atom. The minimum absolute atomic E-state index is 0.117. The van der Waals surface area contributed by atoms with Gasteiger partial charge in [0.15, 0.2) is 0 Å². The summed E-state index contributed by atoms with van der Waals surface area (Å²) < 4.78 is 1.82. The van der Waals surface area contributed by atoms with Crippen molar-refractivity contribution < 1.29 is 5.21 Å². The van der Waals surface area contributed by atoms with Crippen LogP contribution in [0.2, 0.25) is 5.02 Å². The van der Waals surface area contributed by atoms with Crippen molar-refractivity contribution in [3.8, 4) is 0 Å². The lowest BCUT2D eigenvalue weighted by atomic mass is 9.97. The molecule has 0 radical (unpaired) electrons. The number of hydrogen-bond acceptors (Lipinski definition) is 4. The first kappa shape index (κ1) is 14.1. The second-order valence-corrected chi connectivity index (χ2v) is 5.45. The van der Waals surface area contributed by atoms with Crippen molar-refractivity contribution in [3.63, 3.8) is 0 Å². The van der Waals surface area contributed by atoms with Gasteiger partial charge in [-0.2, -0.15) is 5.10 Å². The fourth-order valence-corrected chi connectivity index (χ4v) is 2.81. The second kappa shape index (κ2) is 5.79. The lowest BCUT2D eigenvalue weighted by Crippen LogP contribution is -2.41. The molecule has 0 aromatic carbocycles. The highest BCUT2D eigenvalue weighted by Gasteiger charge is 2.24. The van der Waals surface area contributed by atoms with Gasteiger partial charge in [-0.3, -0.25) is 9.58 Å². The largest absolute Gasteiger partial charge is 0.409 e. The number of oxime groups is 1. The Bertz CT molecular complexity index is 485. The van der Waals surface area contributed by atoms with Gasteiger partial charge in [0, 0.05) is 26.1 Å². The van der Waals surface area contributed by atoms with Crippen molar-refractivity contribution in [2.24, 2.45) is 23.9 Å². The van der Waals surface area contributed by atoms with Gasteiger partial charge in [-0.1, -0.05) is 16.8 Å². The van der Waals surface area contributed by atoms with Crippen LogP contribution >= 0.6 is 11.6 Å². The van der Waals surface area contributed by atoms with Crippen molar-refractivity contribution >= 4 is 17.4 Å². The molecule has 19 heavy (non-hydrogen) atoms. The molecule has 1 aliphatic heterocycles. The average molecular weight is 286 g/mol. The van der Waals surface area contributed by atoms with Crippen LogP contribution in [0.5, 0.6) is 0 Å². The van der Waals surface area contributed by atoms with E-state index in [-0.39, 0.29) is 5.92 Å². The molecule has 106 valence electrons. The summed E-state index contributed by atoms with van der Waals surface area (Å²) in [6, 6.07) is 0. The Labute approximate surface area is 117 Å². The van der Waals surface area contributed by atoms with Crippen LogP contribution in [0.25, 0.3) is 0 Å². The molecule has 6 nitrogen and oxygen atoms in total. The van der Waals surface area contributed by atoms with Crippen LogP contribution in [0.4, 0.5) is 0 Å². The lowest BCUT2D eigenvalue weighted by Gasteiger charge is -2.31. The zero-order valence-corrected chi connectivity index (χ0v) is 12.1. The number of likely N-dealkylation sites (tertiary alicyclic amines) is 1. The molecule has 1 aromatic rings. The topological polar surface area (TPSA) is 79.7 Å². The maximum Gasteiger partial charge on any atom is 0.143 e. The molecule has 2 rings (SSSR count). The quantitative estimate of drug-likeness (QED) is 0.380. The Morgan fingerprint density at radius 2 is 2.37 bits per heavy atom. The molecule has 0 amide bonds. The molecular weight excluding hydrogens is 266 g/mol. The van der Waals surface area contributed by atoms with E-state index >= 15 is 0 Å². The van der Waals surface area contributed by atoms with E-state index in [0.717, 1.165) is 48.9 Å². The highest BCUT2D eigenvalue weighted by atomic mass is 35.5. The van der Waals surface area contributed by atoms with Crippen molar-refractivity contribution in [1.29, 1.82) is 0 Å². The molecule has 0 aliphatic carbocycles. The number of aryl methyl sites for hydroxylation is 2. The lowest BCUT2D eigenvalue weighted by molar-refractivity contribution is 0.189. The van der Waals surface area contributed by atoms with Crippen LogP contribution in [0.3, 0.4) is 0 Å². The van der Waals surface area contributed by atoms with E-state index in [1.165, 1.54) is 0 Å². The normalized spacial score (nSPS) is 21.8. The third kappa shape index (κ3) is 3.01. The van der Waals surface area contributed by atoms with Gasteiger partial charge in [-0.05, 0) is 26.3 Å². The Morgan fingerprint density at radius 1 is 1.63 bits per heavy atom. The fourth-order valence-electron chi connectivity index (χ4n) is 2.59. The van der Waals surface area contributed by atoms with Crippen LogP contribution in [0.15, 0.2) is 5.16 Å². The Kier molecular flexibility index (Phi) is 4.31. The van der Waals surface area contributed by atoms with Gasteiger partial charge < -0.3 is 10.9 Å².